The van der Waals surface area contributed by atoms with E-state index in [1.165, 1.54) is 18.2 Å². The molecule has 0 atom stereocenters. The zero-order chi connectivity index (χ0) is 23.3. The van der Waals surface area contributed by atoms with Gasteiger partial charge >= 0.3 is 6.18 Å². The van der Waals surface area contributed by atoms with Gasteiger partial charge in [-0.1, -0.05) is 42.3 Å². The third-order valence-corrected chi connectivity index (χ3v) is 4.49. The first kappa shape index (κ1) is 22.6. The number of hydrogen-bond donors (Lipinski definition) is 2. The van der Waals surface area contributed by atoms with Crippen molar-refractivity contribution in [1.82, 2.24) is 10.3 Å². The zero-order valence-electron chi connectivity index (χ0n) is 16.6. The van der Waals surface area contributed by atoms with Crippen molar-refractivity contribution < 1.29 is 22.4 Å². The van der Waals surface area contributed by atoms with Crippen molar-refractivity contribution in [2.45, 2.75) is 12.7 Å². The lowest BCUT2D eigenvalue weighted by molar-refractivity contribution is -0.141. The highest BCUT2D eigenvalue weighted by Gasteiger charge is 2.33. The molecule has 1 amide bonds. The predicted molar refractivity (Wildman–Crippen MR) is 114 cm³/mol. The Hall–Kier alpha value is -4.12. The number of carbonyl (C=O) groups excluding carboxylic acids is 1. The van der Waals surface area contributed by atoms with Crippen LogP contribution in [0.25, 0.3) is 17.3 Å². The molecule has 0 aliphatic heterocycles. The molecular weight excluding hydrogens is 422 g/mol. The normalized spacial score (nSPS) is 11.3. The highest BCUT2D eigenvalue weighted by atomic mass is 19.4. The molecule has 0 fully saturated rings. The van der Waals surface area contributed by atoms with Crippen LogP contribution in [0.15, 0.2) is 60.7 Å². The van der Waals surface area contributed by atoms with Crippen LogP contribution in [0.5, 0.6) is 0 Å². The van der Waals surface area contributed by atoms with Gasteiger partial charge in [0.05, 0.1) is 16.9 Å². The van der Waals surface area contributed by atoms with E-state index in [4.69, 9.17) is 12.2 Å². The maximum atomic E-state index is 13.8. The molecule has 0 spiro atoms. The lowest BCUT2D eigenvalue weighted by Gasteiger charge is -2.11. The molecule has 1 heterocycles. The van der Waals surface area contributed by atoms with Crippen LogP contribution in [0.2, 0.25) is 0 Å². The Balaban J connectivity index is 1.81. The number of hydrogen-bond acceptors (Lipinski definition) is 3. The molecule has 0 radical (unpaired) electrons. The topological polar surface area (TPSA) is 68.0 Å². The fourth-order valence-corrected chi connectivity index (χ4v) is 2.90. The van der Waals surface area contributed by atoms with Crippen molar-refractivity contribution in [1.29, 1.82) is 0 Å². The van der Waals surface area contributed by atoms with Gasteiger partial charge in [0.15, 0.2) is 0 Å². The molecule has 0 aliphatic carbocycles. The summed E-state index contributed by atoms with van der Waals surface area (Å²) in [4.78, 5) is 16.0. The fourth-order valence-electron chi connectivity index (χ4n) is 2.90. The van der Waals surface area contributed by atoms with E-state index in [0.29, 0.717) is 16.7 Å². The Morgan fingerprint density at radius 3 is 2.53 bits per heavy atom. The van der Waals surface area contributed by atoms with Crippen molar-refractivity contribution in [2.75, 3.05) is 5.73 Å². The average Bonchev–Trinajstić information content (AvgIpc) is 2.78. The van der Waals surface area contributed by atoms with E-state index in [0.717, 1.165) is 18.2 Å². The summed E-state index contributed by atoms with van der Waals surface area (Å²) in [6.07, 6.45) is 3.20. The molecule has 0 saturated heterocycles. The number of nitrogens with two attached hydrogens (primary N) is 1. The predicted octanol–water partition coefficient (Wildman–Crippen LogP) is 4.80. The zero-order valence-corrected chi connectivity index (χ0v) is 16.6. The molecule has 0 saturated carbocycles. The van der Waals surface area contributed by atoms with Crippen LogP contribution in [0.4, 0.5) is 23.2 Å². The Labute approximate surface area is 181 Å². The number of amides is 1. The quantitative estimate of drug-likeness (QED) is 0.260. The van der Waals surface area contributed by atoms with Crippen molar-refractivity contribution >= 4 is 17.7 Å². The molecule has 8 heteroatoms. The van der Waals surface area contributed by atoms with Gasteiger partial charge in [0.1, 0.15) is 11.5 Å². The summed E-state index contributed by atoms with van der Waals surface area (Å²) in [7, 11) is 0. The summed E-state index contributed by atoms with van der Waals surface area (Å²) in [6.45, 7) is -0.0220. The minimum atomic E-state index is -4.60. The SMILES string of the molecule is C#Cc1cc(CNC(=O)/C=C/c2ccc(C(F)(F)F)nc2-c2ccccc2)cc(F)c1N. The van der Waals surface area contributed by atoms with Gasteiger partial charge in [-0.3, -0.25) is 4.79 Å². The second-order valence-electron chi connectivity index (χ2n) is 6.73. The number of nitrogen functional groups attached to an aromatic ring is 1. The molecule has 4 nitrogen and oxygen atoms in total. The maximum Gasteiger partial charge on any atom is 0.433 e. The van der Waals surface area contributed by atoms with Crippen LogP contribution in [-0.2, 0) is 17.5 Å². The number of benzene rings is 2. The second-order valence-corrected chi connectivity index (χ2v) is 6.73. The summed E-state index contributed by atoms with van der Waals surface area (Å²) in [5.74, 6) is 1.04. The molecule has 0 bridgehead atoms. The minimum Gasteiger partial charge on any atom is -0.395 e. The van der Waals surface area contributed by atoms with Crippen molar-refractivity contribution in [2.24, 2.45) is 0 Å². The van der Waals surface area contributed by atoms with Crippen LogP contribution in [0, 0.1) is 18.2 Å². The molecule has 3 aromatic rings. The Bertz CT molecular complexity index is 1210. The average molecular weight is 439 g/mol. The molecule has 1 aromatic heterocycles. The van der Waals surface area contributed by atoms with E-state index < -0.39 is 23.6 Å². The standard InChI is InChI=1S/C24H17F4N3O/c1-2-16-12-15(13-19(25)22(16)29)14-30-21(32)11-9-18-8-10-20(24(26,27)28)31-23(18)17-6-4-3-5-7-17/h1,3-13H,14,29H2,(H,30,32)/b11-9+. The van der Waals surface area contributed by atoms with Gasteiger partial charge in [0.25, 0.3) is 0 Å². The van der Waals surface area contributed by atoms with Crippen LogP contribution < -0.4 is 11.1 Å². The van der Waals surface area contributed by atoms with Gasteiger partial charge in [-0.25, -0.2) is 9.37 Å². The van der Waals surface area contributed by atoms with E-state index in [9.17, 15) is 22.4 Å². The van der Waals surface area contributed by atoms with Gasteiger partial charge in [0.2, 0.25) is 5.91 Å². The first-order valence-corrected chi connectivity index (χ1v) is 9.33. The number of alkyl halides is 3. The molecule has 32 heavy (non-hydrogen) atoms. The van der Waals surface area contributed by atoms with Crippen LogP contribution in [0.3, 0.4) is 0 Å². The smallest absolute Gasteiger partial charge is 0.395 e. The third-order valence-electron chi connectivity index (χ3n) is 4.49. The number of pyridine rings is 1. The Kier molecular flexibility index (Phi) is 6.59. The first-order chi connectivity index (χ1) is 15.2. The van der Waals surface area contributed by atoms with Gasteiger partial charge < -0.3 is 11.1 Å². The number of terminal acetylenes is 1. The number of carbonyl (C=O) groups is 1. The lowest BCUT2D eigenvalue weighted by atomic mass is 10.0. The van der Waals surface area contributed by atoms with E-state index in [2.05, 4.69) is 16.2 Å². The Morgan fingerprint density at radius 2 is 1.88 bits per heavy atom. The summed E-state index contributed by atoms with van der Waals surface area (Å²) in [6, 6.07) is 13.1. The molecule has 3 N–H and O–H groups in total. The van der Waals surface area contributed by atoms with E-state index in [1.54, 1.807) is 30.3 Å². The number of nitrogens with one attached hydrogen (secondary N) is 1. The van der Waals surface area contributed by atoms with Crippen LogP contribution >= 0.6 is 0 Å². The summed E-state index contributed by atoms with van der Waals surface area (Å²) in [5.41, 5.74) is 5.82. The number of nitrogens with zero attached hydrogens (tertiary/aromatic N) is 1. The highest BCUT2D eigenvalue weighted by molar-refractivity contribution is 5.92. The highest BCUT2D eigenvalue weighted by Crippen LogP contribution is 2.31. The second kappa shape index (κ2) is 9.35. The number of anilines is 1. The maximum absolute atomic E-state index is 13.8. The molecule has 162 valence electrons. The number of halogens is 4. The van der Waals surface area contributed by atoms with E-state index in [-0.39, 0.29) is 23.5 Å². The molecule has 3 rings (SSSR count). The molecular formula is C24H17F4N3O. The monoisotopic (exact) mass is 439 g/mol. The molecule has 0 aliphatic rings. The third kappa shape index (κ3) is 5.32. The van der Waals surface area contributed by atoms with Gasteiger partial charge in [-0.2, -0.15) is 13.2 Å². The van der Waals surface area contributed by atoms with Crippen molar-refractivity contribution in [3.05, 3.63) is 88.9 Å². The summed E-state index contributed by atoms with van der Waals surface area (Å²) >= 11 is 0. The summed E-state index contributed by atoms with van der Waals surface area (Å²) in [5, 5.41) is 2.56. The van der Waals surface area contributed by atoms with Crippen molar-refractivity contribution in [3.8, 4) is 23.6 Å². The molecule has 2 aromatic carbocycles. The first-order valence-electron chi connectivity index (χ1n) is 9.33. The minimum absolute atomic E-state index is 0.0220. The number of aromatic nitrogens is 1. The summed E-state index contributed by atoms with van der Waals surface area (Å²) < 4.78 is 53.1. The van der Waals surface area contributed by atoms with Crippen molar-refractivity contribution in [3.63, 3.8) is 0 Å². The lowest BCUT2D eigenvalue weighted by Crippen LogP contribution is -2.20. The van der Waals surface area contributed by atoms with Gasteiger partial charge in [0, 0.05) is 23.7 Å². The van der Waals surface area contributed by atoms with Crippen LogP contribution in [0.1, 0.15) is 22.4 Å². The fraction of sp³-hybridized carbons (Fsp3) is 0.0833. The van der Waals surface area contributed by atoms with Gasteiger partial charge in [-0.15, -0.1) is 6.42 Å². The van der Waals surface area contributed by atoms with Crippen LogP contribution in [-0.4, -0.2) is 10.9 Å². The largest absolute Gasteiger partial charge is 0.433 e. The van der Waals surface area contributed by atoms with E-state index in [1.807, 2.05) is 0 Å². The Morgan fingerprint density at radius 1 is 1.16 bits per heavy atom. The van der Waals surface area contributed by atoms with Gasteiger partial charge in [-0.05, 0) is 29.8 Å². The number of rotatable bonds is 5. The van der Waals surface area contributed by atoms with E-state index >= 15 is 0 Å². The molecule has 0 unspecified atom stereocenters.